The summed E-state index contributed by atoms with van der Waals surface area (Å²) < 4.78 is 0. The number of carbonyl (C=O) groups excluding carboxylic acids is 2. The molecular weight excluding hydrogens is 494 g/mol. The summed E-state index contributed by atoms with van der Waals surface area (Å²) >= 11 is 0. The molecule has 0 aromatic carbocycles. The zero-order valence-corrected chi connectivity index (χ0v) is 20.9. The number of carboxylic acids is 4. The van der Waals surface area contributed by atoms with Gasteiger partial charge in [-0.3, -0.25) is 28.8 Å². The van der Waals surface area contributed by atoms with E-state index in [-0.39, 0.29) is 89.6 Å². The molecular formula is C22H39N5O10. The number of carboxylic acid groups (broad SMARTS) is 4. The fourth-order valence-electron chi connectivity index (χ4n) is 3.10. The van der Waals surface area contributed by atoms with E-state index < -0.39 is 23.9 Å². The van der Waals surface area contributed by atoms with E-state index >= 15 is 0 Å². The molecule has 212 valence electrons. The minimum Gasteiger partial charge on any atom is -0.481 e. The van der Waals surface area contributed by atoms with Gasteiger partial charge in [0.05, 0.1) is 25.7 Å². The Hall–Kier alpha value is -3.30. The molecule has 0 aromatic heterocycles. The second kappa shape index (κ2) is 20.8. The zero-order chi connectivity index (χ0) is 28.1. The van der Waals surface area contributed by atoms with E-state index in [0.717, 1.165) is 0 Å². The molecule has 0 aliphatic heterocycles. The first kappa shape index (κ1) is 33.7. The van der Waals surface area contributed by atoms with Gasteiger partial charge in [0.15, 0.2) is 0 Å². The molecule has 0 atom stereocenters. The van der Waals surface area contributed by atoms with Crippen molar-refractivity contribution in [2.45, 2.75) is 38.5 Å². The van der Waals surface area contributed by atoms with Crippen molar-refractivity contribution < 1.29 is 49.2 Å². The molecule has 15 heteroatoms. The summed E-state index contributed by atoms with van der Waals surface area (Å²) in [5, 5.41) is 43.5. The molecule has 0 aliphatic carbocycles. The maximum atomic E-state index is 11.9. The number of rotatable bonds is 24. The van der Waals surface area contributed by atoms with Gasteiger partial charge in [-0.05, 0) is 0 Å². The van der Waals surface area contributed by atoms with Crippen molar-refractivity contribution in [2.24, 2.45) is 0 Å². The van der Waals surface area contributed by atoms with Crippen LogP contribution in [0.15, 0.2) is 0 Å². The molecule has 0 aromatic rings. The number of nitrogens with zero attached hydrogens (tertiary/aromatic N) is 2. The van der Waals surface area contributed by atoms with Crippen molar-refractivity contribution in [3.63, 3.8) is 0 Å². The van der Waals surface area contributed by atoms with Gasteiger partial charge in [0.2, 0.25) is 11.8 Å². The lowest BCUT2D eigenvalue weighted by Gasteiger charge is -2.21. The molecule has 0 saturated heterocycles. The van der Waals surface area contributed by atoms with Crippen LogP contribution in [0.2, 0.25) is 0 Å². The van der Waals surface area contributed by atoms with Gasteiger partial charge >= 0.3 is 23.9 Å². The quantitative estimate of drug-likeness (QED) is 0.0673. The van der Waals surface area contributed by atoms with Gasteiger partial charge in [-0.2, -0.15) is 0 Å². The highest BCUT2D eigenvalue weighted by Gasteiger charge is 2.12. The molecule has 0 bridgehead atoms. The highest BCUT2D eigenvalue weighted by molar-refractivity contribution is 5.76. The number of hydrogen-bond donors (Lipinski definition) is 7. The van der Waals surface area contributed by atoms with Crippen LogP contribution in [0, 0.1) is 0 Å². The number of amides is 2. The van der Waals surface area contributed by atoms with Gasteiger partial charge < -0.3 is 46.2 Å². The number of nitrogens with one attached hydrogen (secondary N) is 3. The molecule has 0 saturated carbocycles. The normalized spacial score (nSPS) is 10.9. The summed E-state index contributed by atoms with van der Waals surface area (Å²) in [6, 6.07) is 0. The van der Waals surface area contributed by atoms with E-state index in [1.807, 2.05) is 0 Å². The van der Waals surface area contributed by atoms with Crippen LogP contribution < -0.4 is 16.0 Å². The lowest BCUT2D eigenvalue weighted by atomic mass is 10.3. The van der Waals surface area contributed by atoms with E-state index in [9.17, 15) is 28.8 Å². The maximum absolute atomic E-state index is 11.9. The highest BCUT2D eigenvalue weighted by atomic mass is 16.4. The van der Waals surface area contributed by atoms with Crippen molar-refractivity contribution in [3.8, 4) is 0 Å². The summed E-state index contributed by atoms with van der Waals surface area (Å²) in [5.41, 5.74) is 0. The van der Waals surface area contributed by atoms with Crippen LogP contribution >= 0.6 is 0 Å². The first-order valence-corrected chi connectivity index (χ1v) is 12.1. The molecule has 0 radical (unpaired) electrons. The molecule has 0 fully saturated rings. The Balaban J connectivity index is 4.01. The van der Waals surface area contributed by atoms with E-state index in [0.29, 0.717) is 26.2 Å². The number of hydrogen-bond acceptors (Lipinski definition) is 9. The Morgan fingerprint density at radius 2 is 0.730 bits per heavy atom. The number of carbonyl (C=O) groups is 6. The maximum Gasteiger partial charge on any atom is 0.304 e. The molecule has 7 N–H and O–H groups in total. The van der Waals surface area contributed by atoms with Crippen LogP contribution in [0.4, 0.5) is 0 Å². The Morgan fingerprint density at radius 1 is 0.432 bits per heavy atom. The molecule has 0 aliphatic rings. The van der Waals surface area contributed by atoms with Crippen LogP contribution in [0.25, 0.3) is 0 Å². The van der Waals surface area contributed by atoms with Gasteiger partial charge in [0.25, 0.3) is 0 Å². The largest absolute Gasteiger partial charge is 0.481 e. The lowest BCUT2D eigenvalue weighted by Crippen LogP contribution is -2.38. The van der Waals surface area contributed by atoms with Crippen LogP contribution in [0.3, 0.4) is 0 Å². The molecule has 15 nitrogen and oxygen atoms in total. The summed E-state index contributed by atoms with van der Waals surface area (Å²) in [6.07, 6.45) is -0.184. The third-order valence-electron chi connectivity index (χ3n) is 5.13. The van der Waals surface area contributed by atoms with Crippen LogP contribution in [0.1, 0.15) is 38.5 Å². The predicted molar refractivity (Wildman–Crippen MR) is 130 cm³/mol. The Labute approximate surface area is 215 Å². The van der Waals surface area contributed by atoms with Crippen LogP contribution in [0.5, 0.6) is 0 Å². The van der Waals surface area contributed by atoms with Gasteiger partial charge in [0.1, 0.15) is 0 Å². The van der Waals surface area contributed by atoms with Gasteiger partial charge in [-0.1, -0.05) is 0 Å². The van der Waals surface area contributed by atoms with Gasteiger partial charge in [0, 0.05) is 78.3 Å². The summed E-state index contributed by atoms with van der Waals surface area (Å²) in [7, 11) is 0. The van der Waals surface area contributed by atoms with Crippen LogP contribution in [-0.2, 0) is 28.8 Å². The second-order valence-corrected chi connectivity index (χ2v) is 8.21. The van der Waals surface area contributed by atoms with E-state index in [2.05, 4.69) is 16.0 Å². The average molecular weight is 534 g/mol. The standard InChI is InChI=1S/C22H39N5O10/c28-17(24-9-15-26(11-3-19(30)31)12-4-20(32)33)1-7-23-8-2-18(29)25-10-16-27(13-5-21(34)35)14-6-22(36)37/h23H,1-16H2,(H,24,28)(H,25,29)(H,30,31)(H,32,33)(H,34,35)(H,36,37). The smallest absolute Gasteiger partial charge is 0.304 e. The fourth-order valence-corrected chi connectivity index (χ4v) is 3.10. The third-order valence-corrected chi connectivity index (χ3v) is 5.13. The zero-order valence-electron chi connectivity index (χ0n) is 20.9. The monoisotopic (exact) mass is 533 g/mol. The van der Waals surface area contributed by atoms with E-state index in [1.54, 1.807) is 9.80 Å². The van der Waals surface area contributed by atoms with E-state index in [4.69, 9.17) is 20.4 Å². The minimum absolute atomic E-state index is 0.126. The third kappa shape index (κ3) is 22.9. The Morgan fingerprint density at radius 3 is 1.00 bits per heavy atom. The second-order valence-electron chi connectivity index (χ2n) is 8.21. The molecule has 0 unspecified atom stereocenters. The van der Waals surface area contributed by atoms with Crippen LogP contribution in [-0.4, -0.2) is 131 Å². The van der Waals surface area contributed by atoms with Crippen molar-refractivity contribution >= 4 is 35.7 Å². The van der Waals surface area contributed by atoms with Crippen molar-refractivity contribution in [1.29, 1.82) is 0 Å². The number of aliphatic carboxylic acids is 4. The Kier molecular flexibility index (Phi) is 19.0. The van der Waals surface area contributed by atoms with E-state index in [1.165, 1.54) is 0 Å². The Bertz CT molecular complexity index is 653. The molecule has 37 heavy (non-hydrogen) atoms. The average Bonchev–Trinajstić information content (AvgIpc) is 2.81. The fraction of sp³-hybridized carbons (Fsp3) is 0.727. The summed E-state index contributed by atoms with van der Waals surface area (Å²) in [6.45, 7) is 2.55. The summed E-state index contributed by atoms with van der Waals surface area (Å²) in [5.74, 6) is -4.43. The van der Waals surface area contributed by atoms with Crippen molar-refractivity contribution in [2.75, 3.05) is 65.4 Å². The van der Waals surface area contributed by atoms with Gasteiger partial charge in [-0.25, -0.2) is 0 Å². The first-order valence-electron chi connectivity index (χ1n) is 12.1. The SMILES string of the molecule is O=C(O)CCN(CCNC(=O)CCNCCC(=O)NCCN(CCC(=O)O)CCC(=O)O)CCC(=O)O. The van der Waals surface area contributed by atoms with Crippen molar-refractivity contribution in [3.05, 3.63) is 0 Å². The first-order chi connectivity index (χ1) is 17.5. The molecule has 2 amide bonds. The molecule has 0 spiro atoms. The van der Waals surface area contributed by atoms with Crippen molar-refractivity contribution in [1.82, 2.24) is 25.8 Å². The summed E-state index contributed by atoms with van der Waals surface area (Å²) in [4.78, 5) is 70.1. The molecule has 0 rings (SSSR count). The molecule has 0 heterocycles. The predicted octanol–water partition coefficient (Wildman–Crippen LogP) is -1.91. The van der Waals surface area contributed by atoms with Gasteiger partial charge in [-0.15, -0.1) is 0 Å². The minimum atomic E-state index is -0.988. The highest BCUT2D eigenvalue weighted by Crippen LogP contribution is 1.96. The lowest BCUT2D eigenvalue weighted by molar-refractivity contribution is -0.139. The topological polar surface area (TPSA) is 226 Å².